The highest BCUT2D eigenvalue weighted by molar-refractivity contribution is 5.93. The number of carbonyl (C=O) groups is 1. The third-order valence-electron chi connectivity index (χ3n) is 2.76. The predicted octanol–water partition coefficient (Wildman–Crippen LogP) is 1.90. The van der Waals surface area contributed by atoms with Crippen LogP contribution in [0.4, 0.5) is 15.8 Å². The highest BCUT2D eigenvalue weighted by Crippen LogP contribution is 2.21. The van der Waals surface area contributed by atoms with E-state index in [0.29, 0.717) is 0 Å². The van der Waals surface area contributed by atoms with Crippen molar-refractivity contribution in [2.24, 2.45) is 17.6 Å². The molecule has 1 aromatic rings. The van der Waals surface area contributed by atoms with Gasteiger partial charge in [0.2, 0.25) is 5.91 Å². The summed E-state index contributed by atoms with van der Waals surface area (Å²) in [5.41, 5.74) is 5.13. The van der Waals surface area contributed by atoms with Gasteiger partial charge in [0, 0.05) is 12.6 Å². The van der Waals surface area contributed by atoms with E-state index in [0.717, 1.165) is 18.2 Å². The number of non-ortho nitro benzene ring substituents is 1. The molecule has 1 aromatic carbocycles. The Bertz CT molecular complexity index is 491. The van der Waals surface area contributed by atoms with Gasteiger partial charge < -0.3 is 11.1 Å². The van der Waals surface area contributed by atoms with Crippen LogP contribution >= 0.6 is 0 Å². The number of rotatable bonds is 5. The Kier molecular flexibility index (Phi) is 4.94. The van der Waals surface area contributed by atoms with E-state index in [1.807, 2.05) is 13.8 Å². The molecule has 0 aliphatic rings. The third-order valence-corrected chi connectivity index (χ3v) is 2.76. The number of nitrogens with two attached hydrogens (primary N) is 1. The van der Waals surface area contributed by atoms with Crippen molar-refractivity contribution >= 4 is 17.3 Å². The molecule has 6 nitrogen and oxygen atoms in total. The monoisotopic (exact) mass is 269 g/mol. The Labute approximate surface area is 109 Å². The van der Waals surface area contributed by atoms with Crippen molar-refractivity contribution in [3.63, 3.8) is 0 Å². The SMILES string of the molecule is CC(C)C(CN)C(=O)Nc1cc(F)cc([N+](=O)[O-])c1. The molecular weight excluding hydrogens is 253 g/mol. The zero-order chi connectivity index (χ0) is 14.6. The second-order valence-corrected chi connectivity index (χ2v) is 4.53. The van der Waals surface area contributed by atoms with Crippen molar-refractivity contribution < 1.29 is 14.1 Å². The van der Waals surface area contributed by atoms with Gasteiger partial charge in [0.15, 0.2) is 0 Å². The van der Waals surface area contributed by atoms with Gasteiger partial charge in [-0.25, -0.2) is 4.39 Å². The molecule has 1 unspecified atom stereocenters. The van der Waals surface area contributed by atoms with Crippen LogP contribution in [0.25, 0.3) is 0 Å². The van der Waals surface area contributed by atoms with E-state index >= 15 is 0 Å². The van der Waals surface area contributed by atoms with E-state index in [4.69, 9.17) is 5.73 Å². The average molecular weight is 269 g/mol. The van der Waals surface area contributed by atoms with Gasteiger partial charge in [-0.05, 0) is 12.0 Å². The van der Waals surface area contributed by atoms with Gasteiger partial charge in [-0.2, -0.15) is 0 Å². The maximum Gasteiger partial charge on any atom is 0.274 e. The van der Waals surface area contributed by atoms with Crippen molar-refractivity contribution in [1.82, 2.24) is 0 Å². The number of anilines is 1. The summed E-state index contributed by atoms with van der Waals surface area (Å²) < 4.78 is 13.2. The van der Waals surface area contributed by atoms with Gasteiger partial charge in [0.25, 0.3) is 5.69 Å². The number of halogens is 1. The quantitative estimate of drug-likeness (QED) is 0.630. The molecule has 7 heteroatoms. The van der Waals surface area contributed by atoms with Crippen LogP contribution in [-0.4, -0.2) is 17.4 Å². The van der Waals surface area contributed by atoms with Gasteiger partial charge in [-0.3, -0.25) is 14.9 Å². The number of nitrogens with one attached hydrogen (secondary N) is 1. The number of nitro groups is 1. The van der Waals surface area contributed by atoms with Crippen LogP contribution in [-0.2, 0) is 4.79 Å². The number of amides is 1. The maximum atomic E-state index is 13.2. The van der Waals surface area contributed by atoms with Gasteiger partial charge in [-0.15, -0.1) is 0 Å². The van der Waals surface area contributed by atoms with E-state index in [1.165, 1.54) is 0 Å². The molecule has 1 amide bonds. The van der Waals surface area contributed by atoms with Crippen LogP contribution in [0.2, 0.25) is 0 Å². The Balaban J connectivity index is 2.93. The van der Waals surface area contributed by atoms with Crippen LogP contribution in [0, 0.1) is 27.8 Å². The molecule has 0 radical (unpaired) electrons. The molecular formula is C12H16FN3O3. The van der Waals surface area contributed by atoms with E-state index in [2.05, 4.69) is 5.32 Å². The Morgan fingerprint density at radius 3 is 2.58 bits per heavy atom. The molecule has 1 rings (SSSR count). The first kappa shape index (κ1) is 15.0. The average Bonchev–Trinajstić information content (AvgIpc) is 2.28. The van der Waals surface area contributed by atoms with Gasteiger partial charge >= 0.3 is 0 Å². The molecule has 0 aromatic heterocycles. The minimum Gasteiger partial charge on any atom is -0.330 e. The zero-order valence-electron chi connectivity index (χ0n) is 10.7. The van der Waals surface area contributed by atoms with Crippen LogP contribution < -0.4 is 11.1 Å². The Morgan fingerprint density at radius 1 is 1.47 bits per heavy atom. The fraction of sp³-hybridized carbons (Fsp3) is 0.417. The topological polar surface area (TPSA) is 98.3 Å². The largest absolute Gasteiger partial charge is 0.330 e. The van der Waals surface area contributed by atoms with Gasteiger partial charge in [0.1, 0.15) is 5.82 Å². The molecule has 0 heterocycles. The van der Waals surface area contributed by atoms with E-state index < -0.39 is 22.3 Å². The molecule has 3 N–H and O–H groups in total. The van der Waals surface area contributed by atoms with Crippen molar-refractivity contribution in [1.29, 1.82) is 0 Å². The first-order valence-electron chi connectivity index (χ1n) is 5.81. The summed E-state index contributed by atoms with van der Waals surface area (Å²) in [6, 6.07) is 2.92. The first-order valence-corrected chi connectivity index (χ1v) is 5.81. The fourth-order valence-corrected chi connectivity index (χ4v) is 1.67. The summed E-state index contributed by atoms with van der Waals surface area (Å²) in [5.74, 6) is -1.56. The van der Waals surface area contributed by atoms with Crippen molar-refractivity contribution in [3.05, 3.63) is 34.1 Å². The molecule has 0 aliphatic heterocycles. The molecule has 19 heavy (non-hydrogen) atoms. The van der Waals surface area contributed by atoms with Crippen LogP contribution in [0.5, 0.6) is 0 Å². The molecule has 1 atom stereocenters. The minimum atomic E-state index is -0.779. The molecule has 0 bridgehead atoms. The molecule has 0 saturated heterocycles. The predicted molar refractivity (Wildman–Crippen MR) is 69.1 cm³/mol. The summed E-state index contributed by atoms with van der Waals surface area (Å²) in [4.78, 5) is 21.8. The van der Waals surface area contributed by atoms with Gasteiger partial charge in [0.05, 0.1) is 22.6 Å². The van der Waals surface area contributed by atoms with Crippen molar-refractivity contribution in [2.45, 2.75) is 13.8 Å². The summed E-state index contributed by atoms with van der Waals surface area (Å²) in [6.45, 7) is 3.83. The normalized spacial score (nSPS) is 12.3. The zero-order valence-corrected chi connectivity index (χ0v) is 10.7. The maximum absolute atomic E-state index is 13.2. The Morgan fingerprint density at radius 2 is 2.11 bits per heavy atom. The van der Waals surface area contributed by atoms with Crippen LogP contribution in [0.15, 0.2) is 18.2 Å². The second-order valence-electron chi connectivity index (χ2n) is 4.53. The summed E-state index contributed by atoms with van der Waals surface area (Å²) in [6.07, 6.45) is 0. The van der Waals surface area contributed by atoms with Crippen molar-refractivity contribution in [2.75, 3.05) is 11.9 Å². The fourth-order valence-electron chi connectivity index (χ4n) is 1.67. The number of hydrogen-bond acceptors (Lipinski definition) is 4. The Hall–Kier alpha value is -2.02. The highest BCUT2D eigenvalue weighted by atomic mass is 19.1. The first-order chi connectivity index (χ1) is 8.85. The summed E-state index contributed by atoms with van der Waals surface area (Å²) in [7, 11) is 0. The number of nitro benzene ring substituents is 1. The number of hydrogen-bond donors (Lipinski definition) is 2. The third kappa shape index (κ3) is 3.99. The summed E-state index contributed by atoms with van der Waals surface area (Å²) >= 11 is 0. The molecule has 0 saturated carbocycles. The standard InChI is InChI=1S/C12H16FN3O3/c1-7(2)11(6-14)12(17)15-9-3-8(13)4-10(5-9)16(18)19/h3-5,7,11H,6,14H2,1-2H3,(H,15,17). The van der Waals surface area contributed by atoms with Crippen LogP contribution in [0.3, 0.4) is 0 Å². The highest BCUT2D eigenvalue weighted by Gasteiger charge is 2.21. The van der Waals surface area contributed by atoms with E-state index in [9.17, 15) is 19.3 Å². The van der Waals surface area contributed by atoms with Gasteiger partial charge in [-0.1, -0.05) is 13.8 Å². The molecule has 0 fully saturated rings. The molecule has 0 aliphatic carbocycles. The van der Waals surface area contributed by atoms with Crippen molar-refractivity contribution in [3.8, 4) is 0 Å². The lowest BCUT2D eigenvalue weighted by Crippen LogP contribution is -2.33. The number of carbonyl (C=O) groups excluding carboxylic acids is 1. The number of nitrogens with zero attached hydrogens (tertiary/aromatic N) is 1. The van der Waals surface area contributed by atoms with E-state index in [1.54, 1.807) is 0 Å². The minimum absolute atomic E-state index is 0.0218. The lowest BCUT2D eigenvalue weighted by molar-refractivity contribution is -0.385. The smallest absolute Gasteiger partial charge is 0.274 e. The van der Waals surface area contributed by atoms with E-state index in [-0.39, 0.29) is 24.1 Å². The van der Waals surface area contributed by atoms with Crippen LogP contribution in [0.1, 0.15) is 13.8 Å². The lowest BCUT2D eigenvalue weighted by Gasteiger charge is -2.18. The second kappa shape index (κ2) is 6.24. The molecule has 104 valence electrons. The summed E-state index contributed by atoms with van der Waals surface area (Å²) in [5, 5.41) is 13.0. The lowest BCUT2D eigenvalue weighted by atomic mass is 9.95. The number of benzene rings is 1. The molecule has 0 spiro atoms.